The number of amides is 1. The molecular formula is C17H17N3O5S. The van der Waals surface area contributed by atoms with Crippen LogP contribution in [-0.2, 0) is 16.1 Å². The predicted octanol–water partition coefficient (Wildman–Crippen LogP) is 2.58. The molecule has 26 heavy (non-hydrogen) atoms. The van der Waals surface area contributed by atoms with E-state index in [1.165, 1.54) is 18.2 Å². The third-order valence-corrected chi connectivity index (χ3v) is 4.26. The second-order valence-corrected chi connectivity index (χ2v) is 6.05. The molecule has 0 aliphatic carbocycles. The molecule has 1 heterocycles. The van der Waals surface area contributed by atoms with Crippen LogP contribution in [0, 0.1) is 10.1 Å². The minimum absolute atomic E-state index is 0.0418. The number of hydrogen-bond donors (Lipinski definition) is 1. The molecule has 0 saturated carbocycles. The molecule has 0 aliphatic heterocycles. The average Bonchev–Trinajstić information content (AvgIpc) is 2.65. The van der Waals surface area contributed by atoms with Crippen molar-refractivity contribution in [1.29, 1.82) is 0 Å². The Kier molecular flexibility index (Phi) is 7.10. The molecule has 2 rings (SSSR count). The van der Waals surface area contributed by atoms with E-state index in [4.69, 9.17) is 4.74 Å². The maximum absolute atomic E-state index is 12.2. The Bertz CT molecular complexity index is 798. The van der Waals surface area contributed by atoms with Crippen LogP contribution in [0.3, 0.4) is 0 Å². The van der Waals surface area contributed by atoms with Crippen LogP contribution >= 0.6 is 11.8 Å². The van der Waals surface area contributed by atoms with Gasteiger partial charge in [-0.1, -0.05) is 6.07 Å². The summed E-state index contributed by atoms with van der Waals surface area (Å²) in [6.07, 6.45) is 1.61. The quantitative estimate of drug-likeness (QED) is 0.327. The molecule has 136 valence electrons. The highest BCUT2D eigenvalue weighted by Gasteiger charge is 2.19. The largest absolute Gasteiger partial charge is 0.465 e. The number of ether oxygens (including phenoxy) is 1. The van der Waals surface area contributed by atoms with E-state index in [0.29, 0.717) is 10.6 Å². The van der Waals surface area contributed by atoms with Gasteiger partial charge in [0.25, 0.3) is 11.6 Å². The van der Waals surface area contributed by atoms with Crippen LogP contribution < -0.4 is 5.32 Å². The van der Waals surface area contributed by atoms with Gasteiger partial charge in [0.2, 0.25) is 0 Å². The first-order chi connectivity index (χ1) is 12.5. The molecule has 1 aromatic heterocycles. The van der Waals surface area contributed by atoms with E-state index in [-0.39, 0.29) is 30.2 Å². The van der Waals surface area contributed by atoms with E-state index >= 15 is 0 Å². The zero-order chi connectivity index (χ0) is 18.9. The fourth-order valence-corrected chi connectivity index (χ4v) is 2.84. The number of nitro groups is 1. The van der Waals surface area contributed by atoms with Gasteiger partial charge >= 0.3 is 5.97 Å². The molecule has 1 amide bonds. The minimum Gasteiger partial charge on any atom is -0.465 e. The first kappa shape index (κ1) is 19.4. The first-order valence-corrected chi connectivity index (χ1v) is 8.74. The summed E-state index contributed by atoms with van der Waals surface area (Å²) in [4.78, 5) is 38.7. The molecule has 1 aromatic carbocycles. The Hall–Kier alpha value is -2.94. The number of aromatic nitrogens is 1. The number of carbonyl (C=O) groups excluding carboxylic acids is 2. The van der Waals surface area contributed by atoms with Gasteiger partial charge < -0.3 is 10.1 Å². The smallest absolute Gasteiger partial charge is 0.316 e. The molecule has 0 aliphatic rings. The number of benzene rings is 1. The molecule has 8 nitrogen and oxygen atoms in total. The van der Waals surface area contributed by atoms with Crippen LogP contribution in [-0.4, -0.2) is 34.1 Å². The molecule has 0 bridgehead atoms. The zero-order valence-electron chi connectivity index (χ0n) is 14.0. The fourth-order valence-electron chi connectivity index (χ4n) is 2.04. The summed E-state index contributed by atoms with van der Waals surface area (Å²) in [5.74, 6) is -0.940. The van der Waals surface area contributed by atoms with Gasteiger partial charge in [-0.15, -0.1) is 11.8 Å². The minimum atomic E-state index is -0.580. The molecular weight excluding hydrogens is 358 g/mol. The summed E-state index contributed by atoms with van der Waals surface area (Å²) >= 11 is 0.996. The molecule has 2 aromatic rings. The molecule has 0 radical (unpaired) electrons. The second kappa shape index (κ2) is 9.52. The van der Waals surface area contributed by atoms with Gasteiger partial charge in [-0.2, -0.15) is 0 Å². The standard InChI is InChI=1S/C17H17N3O5S/c1-2-25-16(21)11-26-15-7-6-12(9-14(15)20(23)24)17(22)19-10-13-5-3-4-8-18-13/h3-9H,2,10-11H2,1H3,(H,19,22). The van der Waals surface area contributed by atoms with Gasteiger partial charge in [0, 0.05) is 17.8 Å². The van der Waals surface area contributed by atoms with Crippen molar-refractivity contribution < 1.29 is 19.2 Å². The Morgan fingerprint density at radius 1 is 1.31 bits per heavy atom. The van der Waals surface area contributed by atoms with Crippen LogP contribution in [0.4, 0.5) is 5.69 Å². The number of carbonyl (C=O) groups is 2. The highest BCUT2D eigenvalue weighted by Crippen LogP contribution is 2.30. The maximum atomic E-state index is 12.2. The number of nitro benzene ring substituents is 1. The first-order valence-electron chi connectivity index (χ1n) is 7.76. The maximum Gasteiger partial charge on any atom is 0.316 e. The van der Waals surface area contributed by atoms with Crippen molar-refractivity contribution in [2.24, 2.45) is 0 Å². The predicted molar refractivity (Wildman–Crippen MR) is 95.9 cm³/mol. The lowest BCUT2D eigenvalue weighted by Crippen LogP contribution is -2.23. The Balaban J connectivity index is 2.07. The summed E-state index contributed by atoms with van der Waals surface area (Å²) in [5.41, 5.74) is 0.606. The molecule has 0 fully saturated rings. The van der Waals surface area contributed by atoms with Crippen molar-refractivity contribution in [3.8, 4) is 0 Å². The van der Waals surface area contributed by atoms with Crippen molar-refractivity contribution in [1.82, 2.24) is 10.3 Å². The lowest BCUT2D eigenvalue weighted by molar-refractivity contribution is -0.387. The van der Waals surface area contributed by atoms with Crippen LogP contribution in [0.5, 0.6) is 0 Å². The van der Waals surface area contributed by atoms with E-state index in [1.807, 2.05) is 0 Å². The van der Waals surface area contributed by atoms with Crippen LogP contribution in [0.1, 0.15) is 23.0 Å². The number of pyridine rings is 1. The number of rotatable bonds is 8. The van der Waals surface area contributed by atoms with Crippen molar-refractivity contribution in [3.63, 3.8) is 0 Å². The number of thioether (sulfide) groups is 1. The van der Waals surface area contributed by atoms with E-state index < -0.39 is 16.8 Å². The van der Waals surface area contributed by atoms with E-state index in [2.05, 4.69) is 10.3 Å². The van der Waals surface area contributed by atoms with Gasteiger partial charge in [0.05, 0.1) is 34.4 Å². The molecule has 0 saturated heterocycles. The zero-order valence-corrected chi connectivity index (χ0v) is 14.8. The monoisotopic (exact) mass is 375 g/mol. The molecule has 0 atom stereocenters. The Labute approximate surface area is 154 Å². The average molecular weight is 375 g/mol. The van der Waals surface area contributed by atoms with Gasteiger partial charge in [0.15, 0.2) is 0 Å². The third-order valence-electron chi connectivity index (χ3n) is 3.22. The third kappa shape index (κ3) is 5.55. The number of hydrogen-bond acceptors (Lipinski definition) is 7. The number of nitrogens with zero attached hydrogens (tertiary/aromatic N) is 2. The van der Waals surface area contributed by atoms with Crippen molar-refractivity contribution in [2.45, 2.75) is 18.4 Å². The van der Waals surface area contributed by atoms with Gasteiger partial charge in [-0.25, -0.2) is 0 Å². The van der Waals surface area contributed by atoms with E-state index in [1.54, 1.807) is 31.3 Å². The van der Waals surface area contributed by atoms with Crippen molar-refractivity contribution in [3.05, 3.63) is 64.0 Å². The van der Waals surface area contributed by atoms with Crippen LogP contribution in [0.25, 0.3) is 0 Å². The van der Waals surface area contributed by atoms with Crippen molar-refractivity contribution in [2.75, 3.05) is 12.4 Å². The topological polar surface area (TPSA) is 111 Å². The van der Waals surface area contributed by atoms with Crippen LogP contribution in [0.2, 0.25) is 0 Å². The lowest BCUT2D eigenvalue weighted by atomic mass is 10.2. The summed E-state index contributed by atoms with van der Waals surface area (Å²) in [6.45, 7) is 2.15. The fraction of sp³-hybridized carbons (Fsp3) is 0.235. The second-order valence-electron chi connectivity index (χ2n) is 5.04. The normalized spacial score (nSPS) is 10.2. The number of nitrogens with one attached hydrogen (secondary N) is 1. The van der Waals surface area contributed by atoms with Crippen LogP contribution in [0.15, 0.2) is 47.5 Å². The summed E-state index contributed by atoms with van der Waals surface area (Å²) in [7, 11) is 0. The summed E-state index contributed by atoms with van der Waals surface area (Å²) in [6, 6.07) is 9.46. The van der Waals surface area contributed by atoms with E-state index in [0.717, 1.165) is 11.8 Å². The SMILES string of the molecule is CCOC(=O)CSc1ccc(C(=O)NCc2ccccn2)cc1[N+](=O)[O-]. The molecule has 9 heteroatoms. The molecule has 0 spiro atoms. The summed E-state index contributed by atoms with van der Waals surface area (Å²) < 4.78 is 4.80. The lowest BCUT2D eigenvalue weighted by Gasteiger charge is -2.07. The number of esters is 1. The van der Waals surface area contributed by atoms with Gasteiger partial charge in [-0.05, 0) is 31.2 Å². The molecule has 1 N–H and O–H groups in total. The molecule has 0 unspecified atom stereocenters. The highest BCUT2D eigenvalue weighted by molar-refractivity contribution is 8.00. The Morgan fingerprint density at radius 2 is 2.12 bits per heavy atom. The van der Waals surface area contributed by atoms with Gasteiger partial charge in [0.1, 0.15) is 0 Å². The van der Waals surface area contributed by atoms with E-state index in [9.17, 15) is 19.7 Å². The van der Waals surface area contributed by atoms with Crippen molar-refractivity contribution >= 4 is 29.3 Å². The highest BCUT2D eigenvalue weighted by atomic mass is 32.2. The Morgan fingerprint density at radius 3 is 2.77 bits per heavy atom. The van der Waals surface area contributed by atoms with Gasteiger partial charge in [-0.3, -0.25) is 24.7 Å². The summed E-state index contributed by atoms with van der Waals surface area (Å²) in [5, 5.41) is 13.9.